The van der Waals surface area contributed by atoms with Crippen LogP contribution >= 0.6 is 22.9 Å². The van der Waals surface area contributed by atoms with Crippen molar-refractivity contribution in [2.24, 2.45) is 5.10 Å². The first-order chi connectivity index (χ1) is 11.5. The molecule has 1 aromatic carbocycles. The Labute approximate surface area is 151 Å². The lowest BCUT2D eigenvalue weighted by Crippen LogP contribution is -2.38. The lowest BCUT2D eigenvalue weighted by molar-refractivity contribution is -0.122. The van der Waals surface area contributed by atoms with Crippen LogP contribution in [0.5, 0.6) is 0 Å². The lowest BCUT2D eigenvalue weighted by Gasteiger charge is -2.25. The van der Waals surface area contributed by atoms with E-state index in [1.165, 1.54) is 20.9 Å². The number of nitrogens with zero attached hydrogens (tertiary/aromatic N) is 2. The molecule has 0 bridgehead atoms. The maximum atomic E-state index is 11.9. The van der Waals surface area contributed by atoms with E-state index < -0.39 is 0 Å². The average molecular weight is 362 g/mol. The highest BCUT2D eigenvalue weighted by molar-refractivity contribution is 7.15. The zero-order valence-corrected chi connectivity index (χ0v) is 15.4. The Kier molecular flexibility index (Phi) is 5.33. The number of carbonyl (C=O) groups is 1. The van der Waals surface area contributed by atoms with Crippen LogP contribution in [0.3, 0.4) is 0 Å². The molecule has 126 valence electrons. The van der Waals surface area contributed by atoms with Crippen LogP contribution in [-0.4, -0.2) is 29.6 Å². The van der Waals surface area contributed by atoms with Gasteiger partial charge in [0, 0.05) is 33.6 Å². The summed E-state index contributed by atoms with van der Waals surface area (Å²) in [5.74, 6) is -0.0622. The normalized spacial score (nSPS) is 14.1. The molecule has 1 aliphatic heterocycles. The average Bonchev–Trinajstić information content (AvgIpc) is 2.97. The molecular weight excluding hydrogens is 342 g/mol. The Hall–Kier alpha value is -1.69. The molecular formula is C18H20ClN3OS. The lowest BCUT2D eigenvalue weighted by atomic mass is 10.1. The second-order valence-electron chi connectivity index (χ2n) is 6.12. The quantitative estimate of drug-likeness (QED) is 0.662. The highest BCUT2D eigenvalue weighted by Gasteiger charge is 2.21. The first-order valence-electron chi connectivity index (χ1n) is 7.91. The number of fused-ring (bicyclic) bond motifs is 1. The van der Waals surface area contributed by atoms with Crippen LogP contribution in [0.1, 0.15) is 24.3 Å². The summed E-state index contributed by atoms with van der Waals surface area (Å²) in [7, 11) is 0. The number of nitrogens with one attached hydrogen (secondary N) is 1. The fourth-order valence-corrected chi connectivity index (χ4v) is 3.99. The Morgan fingerprint density at radius 1 is 1.33 bits per heavy atom. The van der Waals surface area contributed by atoms with Crippen molar-refractivity contribution in [3.8, 4) is 10.4 Å². The molecule has 0 spiro atoms. The van der Waals surface area contributed by atoms with E-state index in [-0.39, 0.29) is 5.91 Å². The molecule has 3 rings (SSSR count). The van der Waals surface area contributed by atoms with Crippen LogP contribution in [0.25, 0.3) is 10.4 Å². The van der Waals surface area contributed by atoms with Crippen LogP contribution in [-0.2, 0) is 17.8 Å². The van der Waals surface area contributed by atoms with Crippen LogP contribution in [0.4, 0.5) is 0 Å². The monoisotopic (exact) mass is 361 g/mol. The molecule has 0 saturated heterocycles. The van der Waals surface area contributed by atoms with Gasteiger partial charge in [0.05, 0.1) is 6.54 Å². The topological polar surface area (TPSA) is 44.7 Å². The third kappa shape index (κ3) is 4.23. The molecule has 2 aromatic rings. The molecule has 1 amide bonds. The van der Waals surface area contributed by atoms with E-state index in [4.69, 9.17) is 11.6 Å². The third-order valence-electron chi connectivity index (χ3n) is 3.85. The van der Waals surface area contributed by atoms with Crippen molar-refractivity contribution < 1.29 is 4.79 Å². The van der Waals surface area contributed by atoms with Gasteiger partial charge in [-0.3, -0.25) is 9.69 Å². The van der Waals surface area contributed by atoms with Crippen LogP contribution in [0.2, 0.25) is 5.02 Å². The maximum Gasteiger partial charge on any atom is 0.254 e. The van der Waals surface area contributed by atoms with E-state index in [0.717, 1.165) is 30.2 Å². The SMILES string of the molecule is CC(C)=NNC(=O)CN1CCc2sc(-c3ccc(Cl)cc3)cc2C1. The number of hydrazone groups is 1. The van der Waals surface area contributed by atoms with Gasteiger partial charge in [0.25, 0.3) is 5.91 Å². The second-order valence-corrected chi connectivity index (χ2v) is 7.69. The first-order valence-corrected chi connectivity index (χ1v) is 9.10. The molecule has 1 aliphatic rings. The van der Waals surface area contributed by atoms with E-state index in [1.54, 1.807) is 0 Å². The van der Waals surface area contributed by atoms with E-state index in [9.17, 15) is 4.79 Å². The summed E-state index contributed by atoms with van der Waals surface area (Å²) in [5, 5.41) is 4.72. The van der Waals surface area contributed by atoms with Gasteiger partial charge in [0.2, 0.25) is 0 Å². The highest BCUT2D eigenvalue weighted by atomic mass is 35.5. The minimum absolute atomic E-state index is 0.0622. The summed E-state index contributed by atoms with van der Waals surface area (Å²) in [6, 6.07) is 10.2. The van der Waals surface area contributed by atoms with Gasteiger partial charge in [-0.05, 0) is 49.6 Å². The van der Waals surface area contributed by atoms with E-state index in [2.05, 4.69) is 33.6 Å². The van der Waals surface area contributed by atoms with Gasteiger partial charge in [-0.1, -0.05) is 23.7 Å². The summed E-state index contributed by atoms with van der Waals surface area (Å²) in [4.78, 5) is 16.8. The molecule has 1 aromatic heterocycles. The first kappa shape index (κ1) is 17.1. The van der Waals surface area contributed by atoms with Gasteiger partial charge in [0.15, 0.2) is 0 Å². The van der Waals surface area contributed by atoms with Crippen molar-refractivity contribution >= 4 is 34.6 Å². The smallest absolute Gasteiger partial charge is 0.254 e. The van der Waals surface area contributed by atoms with Crippen molar-refractivity contribution in [3.63, 3.8) is 0 Å². The number of thiophene rings is 1. The molecule has 1 N–H and O–H groups in total. The fraction of sp³-hybridized carbons (Fsp3) is 0.333. The number of amides is 1. The molecule has 0 atom stereocenters. The number of hydrogen-bond donors (Lipinski definition) is 1. The Morgan fingerprint density at radius 2 is 2.08 bits per heavy atom. The predicted molar refractivity (Wildman–Crippen MR) is 101 cm³/mol. The van der Waals surface area contributed by atoms with E-state index in [1.807, 2.05) is 37.3 Å². The van der Waals surface area contributed by atoms with Crippen LogP contribution < -0.4 is 5.43 Å². The van der Waals surface area contributed by atoms with Crippen molar-refractivity contribution in [3.05, 3.63) is 45.8 Å². The van der Waals surface area contributed by atoms with Gasteiger partial charge in [-0.25, -0.2) is 5.43 Å². The molecule has 0 saturated carbocycles. The number of benzene rings is 1. The second kappa shape index (κ2) is 7.47. The summed E-state index contributed by atoms with van der Waals surface area (Å²) in [6.45, 7) is 5.80. The van der Waals surface area contributed by atoms with Crippen molar-refractivity contribution in [2.45, 2.75) is 26.8 Å². The molecule has 6 heteroatoms. The maximum absolute atomic E-state index is 11.9. The number of halogens is 1. The van der Waals surface area contributed by atoms with Crippen LogP contribution in [0, 0.1) is 0 Å². The van der Waals surface area contributed by atoms with Gasteiger partial charge in [-0.15, -0.1) is 11.3 Å². The minimum Gasteiger partial charge on any atom is -0.290 e. The Balaban J connectivity index is 1.67. The number of carbonyl (C=O) groups excluding carboxylic acids is 1. The zero-order valence-electron chi connectivity index (χ0n) is 13.8. The highest BCUT2D eigenvalue weighted by Crippen LogP contribution is 2.35. The minimum atomic E-state index is -0.0622. The Morgan fingerprint density at radius 3 is 2.79 bits per heavy atom. The van der Waals surface area contributed by atoms with Gasteiger partial charge >= 0.3 is 0 Å². The molecule has 2 heterocycles. The van der Waals surface area contributed by atoms with Gasteiger partial charge in [0.1, 0.15) is 0 Å². The Bertz CT molecular complexity index is 763. The largest absolute Gasteiger partial charge is 0.290 e. The molecule has 0 fully saturated rings. The summed E-state index contributed by atoms with van der Waals surface area (Å²) in [5.41, 5.74) is 5.94. The molecule has 4 nitrogen and oxygen atoms in total. The molecule has 24 heavy (non-hydrogen) atoms. The number of hydrogen-bond acceptors (Lipinski definition) is 4. The van der Waals surface area contributed by atoms with Crippen molar-refractivity contribution in [1.82, 2.24) is 10.3 Å². The van der Waals surface area contributed by atoms with Gasteiger partial charge in [-0.2, -0.15) is 5.10 Å². The van der Waals surface area contributed by atoms with E-state index >= 15 is 0 Å². The molecule has 0 radical (unpaired) electrons. The summed E-state index contributed by atoms with van der Waals surface area (Å²) >= 11 is 7.80. The zero-order chi connectivity index (χ0) is 17.1. The predicted octanol–water partition coefficient (Wildman–Crippen LogP) is 3.94. The van der Waals surface area contributed by atoms with Crippen molar-refractivity contribution in [2.75, 3.05) is 13.1 Å². The fourth-order valence-electron chi connectivity index (χ4n) is 2.70. The number of rotatable bonds is 4. The van der Waals surface area contributed by atoms with Gasteiger partial charge < -0.3 is 0 Å². The third-order valence-corrected chi connectivity index (χ3v) is 5.38. The van der Waals surface area contributed by atoms with Crippen LogP contribution in [0.15, 0.2) is 35.4 Å². The molecule has 0 unspecified atom stereocenters. The standard InChI is InChI=1S/C18H20ClN3OS/c1-12(2)20-21-18(23)11-22-8-7-16-14(10-22)9-17(24-16)13-3-5-15(19)6-4-13/h3-6,9H,7-8,10-11H2,1-2H3,(H,21,23). The summed E-state index contributed by atoms with van der Waals surface area (Å²) < 4.78 is 0. The van der Waals surface area contributed by atoms with Crippen molar-refractivity contribution in [1.29, 1.82) is 0 Å². The van der Waals surface area contributed by atoms with E-state index in [0.29, 0.717) is 6.54 Å². The summed E-state index contributed by atoms with van der Waals surface area (Å²) in [6.07, 6.45) is 0.983. The molecule has 0 aliphatic carbocycles.